The van der Waals surface area contributed by atoms with E-state index in [-0.39, 0.29) is 11.6 Å². The first-order chi connectivity index (χ1) is 11.6. The Morgan fingerprint density at radius 3 is 2.25 bits per heavy atom. The van der Waals surface area contributed by atoms with Gasteiger partial charge in [-0.1, -0.05) is 0 Å². The minimum atomic E-state index is -0.310. The zero-order valence-electron chi connectivity index (χ0n) is 13.4. The van der Waals surface area contributed by atoms with Crippen LogP contribution in [0, 0.1) is 11.6 Å². The van der Waals surface area contributed by atoms with E-state index in [4.69, 9.17) is 5.10 Å². The van der Waals surface area contributed by atoms with Gasteiger partial charge in [-0.15, -0.1) is 5.10 Å². The van der Waals surface area contributed by atoms with Crippen molar-refractivity contribution in [2.24, 2.45) is 0 Å². The highest BCUT2D eigenvalue weighted by Crippen LogP contribution is 2.29. The van der Waals surface area contributed by atoms with Crippen LogP contribution < -0.4 is 4.90 Å². The van der Waals surface area contributed by atoms with Gasteiger partial charge in [0.25, 0.3) is 0 Å². The van der Waals surface area contributed by atoms with Gasteiger partial charge in [-0.3, -0.25) is 0 Å². The Hall–Kier alpha value is -2.47. The quantitative estimate of drug-likeness (QED) is 0.723. The van der Waals surface area contributed by atoms with E-state index in [2.05, 4.69) is 16.8 Å². The number of aromatic nitrogens is 2. The number of halogens is 2. The van der Waals surface area contributed by atoms with Gasteiger partial charge < -0.3 is 9.80 Å². The van der Waals surface area contributed by atoms with Crippen molar-refractivity contribution in [3.8, 4) is 5.69 Å². The van der Waals surface area contributed by atoms with Gasteiger partial charge in [0.2, 0.25) is 0 Å². The number of rotatable bonds is 2. The Morgan fingerprint density at radius 1 is 0.875 bits per heavy atom. The van der Waals surface area contributed by atoms with Crippen LogP contribution in [-0.4, -0.2) is 47.9 Å². The maximum Gasteiger partial charge on any atom is 0.159 e. The Kier molecular flexibility index (Phi) is 3.69. The number of piperazine rings is 1. The fourth-order valence-corrected chi connectivity index (χ4v) is 3.10. The number of benzene rings is 2. The normalized spacial score (nSPS) is 16.0. The zero-order chi connectivity index (χ0) is 16.7. The second kappa shape index (κ2) is 5.87. The molecule has 1 saturated heterocycles. The molecule has 124 valence electrons. The third kappa shape index (κ3) is 2.63. The van der Waals surface area contributed by atoms with Crippen molar-refractivity contribution < 1.29 is 8.78 Å². The molecule has 1 aromatic heterocycles. The van der Waals surface area contributed by atoms with Gasteiger partial charge in [0.1, 0.15) is 11.6 Å². The Morgan fingerprint density at radius 2 is 1.54 bits per heavy atom. The minimum Gasteiger partial charge on any atom is -0.352 e. The SMILES string of the molecule is CN1CCN(c2nn(-c3ccc(F)cc3)c3cc(F)ccc23)CC1. The van der Waals surface area contributed by atoms with Crippen LogP contribution in [-0.2, 0) is 0 Å². The largest absolute Gasteiger partial charge is 0.352 e. The molecule has 2 heterocycles. The second-order valence-corrected chi connectivity index (χ2v) is 6.16. The van der Waals surface area contributed by atoms with E-state index in [1.165, 1.54) is 24.3 Å². The van der Waals surface area contributed by atoms with Gasteiger partial charge in [-0.05, 0) is 43.4 Å². The van der Waals surface area contributed by atoms with Crippen LogP contribution in [0.15, 0.2) is 42.5 Å². The molecule has 0 spiro atoms. The first-order valence-electron chi connectivity index (χ1n) is 7.99. The molecular weight excluding hydrogens is 310 g/mol. The predicted octanol–water partition coefficient (Wildman–Crippen LogP) is 3.06. The third-order valence-electron chi connectivity index (χ3n) is 4.50. The number of nitrogens with zero attached hydrogens (tertiary/aromatic N) is 4. The Bertz CT molecular complexity index is 865. The molecule has 1 fully saturated rings. The highest BCUT2D eigenvalue weighted by Gasteiger charge is 2.21. The summed E-state index contributed by atoms with van der Waals surface area (Å²) < 4.78 is 28.7. The average molecular weight is 328 g/mol. The topological polar surface area (TPSA) is 24.3 Å². The number of hydrogen-bond acceptors (Lipinski definition) is 3. The average Bonchev–Trinajstić information content (AvgIpc) is 2.95. The molecule has 0 atom stereocenters. The molecule has 6 heteroatoms. The lowest BCUT2D eigenvalue weighted by Gasteiger charge is -2.32. The van der Waals surface area contributed by atoms with Crippen molar-refractivity contribution in [3.05, 3.63) is 54.1 Å². The summed E-state index contributed by atoms with van der Waals surface area (Å²) in [6.07, 6.45) is 0. The molecule has 4 nitrogen and oxygen atoms in total. The minimum absolute atomic E-state index is 0.305. The van der Waals surface area contributed by atoms with Gasteiger partial charge in [-0.2, -0.15) is 0 Å². The molecule has 24 heavy (non-hydrogen) atoms. The van der Waals surface area contributed by atoms with Crippen LogP contribution in [0.5, 0.6) is 0 Å². The molecule has 4 rings (SSSR count). The van der Waals surface area contributed by atoms with E-state index >= 15 is 0 Å². The van der Waals surface area contributed by atoms with Crippen LogP contribution >= 0.6 is 0 Å². The van der Waals surface area contributed by atoms with Gasteiger partial charge in [-0.25, -0.2) is 13.5 Å². The van der Waals surface area contributed by atoms with Gasteiger partial charge in [0, 0.05) is 37.6 Å². The molecule has 0 radical (unpaired) electrons. The molecule has 0 saturated carbocycles. The smallest absolute Gasteiger partial charge is 0.159 e. The fourth-order valence-electron chi connectivity index (χ4n) is 3.10. The first kappa shape index (κ1) is 15.1. The third-order valence-corrected chi connectivity index (χ3v) is 4.50. The molecule has 1 aliphatic rings. The van der Waals surface area contributed by atoms with Crippen LogP contribution in [0.1, 0.15) is 0 Å². The standard InChI is InChI=1S/C18H18F2N4/c1-22-8-10-23(11-9-22)18-16-7-4-14(20)12-17(16)24(21-18)15-5-2-13(19)3-6-15/h2-7,12H,8-11H2,1H3. The van der Waals surface area contributed by atoms with Gasteiger partial charge >= 0.3 is 0 Å². The van der Waals surface area contributed by atoms with E-state index in [1.807, 2.05) is 0 Å². The molecule has 0 amide bonds. The van der Waals surface area contributed by atoms with Gasteiger partial charge in [0.15, 0.2) is 5.82 Å². The monoisotopic (exact) mass is 328 g/mol. The summed E-state index contributed by atoms with van der Waals surface area (Å²) >= 11 is 0. The highest BCUT2D eigenvalue weighted by molar-refractivity contribution is 5.92. The van der Waals surface area contributed by atoms with Crippen LogP contribution in [0.3, 0.4) is 0 Å². The number of likely N-dealkylation sites (N-methyl/N-ethyl adjacent to an activating group) is 1. The van der Waals surface area contributed by atoms with E-state index in [9.17, 15) is 8.78 Å². The summed E-state index contributed by atoms with van der Waals surface area (Å²) in [5, 5.41) is 5.62. The lowest BCUT2D eigenvalue weighted by molar-refractivity contribution is 0.312. The van der Waals surface area contributed by atoms with E-state index in [1.54, 1.807) is 22.9 Å². The summed E-state index contributed by atoms with van der Waals surface area (Å²) in [5.41, 5.74) is 1.41. The molecular formula is C18H18F2N4. The van der Waals surface area contributed by atoms with Crippen molar-refractivity contribution in [2.45, 2.75) is 0 Å². The van der Waals surface area contributed by atoms with E-state index < -0.39 is 0 Å². The highest BCUT2D eigenvalue weighted by atomic mass is 19.1. The summed E-state index contributed by atoms with van der Waals surface area (Å²) in [5.74, 6) is 0.235. The lowest BCUT2D eigenvalue weighted by Crippen LogP contribution is -2.44. The summed E-state index contributed by atoms with van der Waals surface area (Å²) in [7, 11) is 2.10. The second-order valence-electron chi connectivity index (χ2n) is 6.16. The fraction of sp³-hybridized carbons (Fsp3) is 0.278. The molecule has 0 aliphatic carbocycles. The van der Waals surface area contributed by atoms with Crippen LogP contribution in [0.4, 0.5) is 14.6 Å². The van der Waals surface area contributed by atoms with Crippen LogP contribution in [0.25, 0.3) is 16.6 Å². The predicted molar refractivity (Wildman–Crippen MR) is 90.7 cm³/mol. The lowest BCUT2D eigenvalue weighted by atomic mass is 10.2. The number of fused-ring (bicyclic) bond motifs is 1. The Labute approximate surface area is 138 Å². The number of anilines is 1. The molecule has 0 unspecified atom stereocenters. The maximum absolute atomic E-state index is 13.8. The maximum atomic E-state index is 13.8. The first-order valence-corrected chi connectivity index (χ1v) is 7.99. The summed E-state index contributed by atoms with van der Waals surface area (Å²) in [6, 6.07) is 10.8. The van der Waals surface area contributed by atoms with Crippen molar-refractivity contribution >= 4 is 16.7 Å². The zero-order valence-corrected chi connectivity index (χ0v) is 13.4. The molecule has 3 aromatic rings. The van der Waals surface area contributed by atoms with Gasteiger partial charge in [0.05, 0.1) is 11.2 Å². The molecule has 2 aromatic carbocycles. The molecule has 0 N–H and O–H groups in total. The molecule has 1 aliphatic heterocycles. The van der Waals surface area contributed by atoms with E-state index in [0.717, 1.165) is 37.4 Å². The summed E-state index contributed by atoms with van der Waals surface area (Å²) in [4.78, 5) is 4.50. The van der Waals surface area contributed by atoms with Crippen molar-refractivity contribution in [1.29, 1.82) is 0 Å². The van der Waals surface area contributed by atoms with Crippen molar-refractivity contribution in [2.75, 3.05) is 38.1 Å². The van der Waals surface area contributed by atoms with Crippen molar-refractivity contribution in [3.63, 3.8) is 0 Å². The summed E-state index contributed by atoms with van der Waals surface area (Å²) in [6.45, 7) is 3.69. The van der Waals surface area contributed by atoms with Crippen molar-refractivity contribution in [1.82, 2.24) is 14.7 Å². The van der Waals surface area contributed by atoms with E-state index in [0.29, 0.717) is 11.2 Å². The Balaban J connectivity index is 1.84. The van der Waals surface area contributed by atoms with Crippen LogP contribution in [0.2, 0.25) is 0 Å². The molecule has 0 bridgehead atoms. The number of hydrogen-bond donors (Lipinski definition) is 0.